The third-order valence-corrected chi connectivity index (χ3v) is 4.85. The number of benzene rings is 2. The molecule has 0 spiro atoms. The highest BCUT2D eigenvalue weighted by atomic mass is 32.1. The van der Waals surface area contributed by atoms with Crippen molar-refractivity contribution in [2.45, 2.75) is 33.4 Å². The molecule has 0 saturated heterocycles. The van der Waals surface area contributed by atoms with Crippen LogP contribution in [0.2, 0.25) is 0 Å². The lowest BCUT2D eigenvalue weighted by atomic mass is 10.0. The van der Waals surface area contributed by atoms with Gasteiger partial charge in [0, 0.05) is 17.1 Å². The van der Waals surface area contributed by atoms with Gasteiger partial charge >= 0.3 is 6.03 Å². The first-order valence-corrected chi connectivity index (χ1v) is 9.70. The molecular weight excluding hydrogens is 358 g/mol. The summed E-state index contributed by atoms with van der Waals surface area (Å²) in [4.78, 5) is 16.6. The first-order chi connectivity index (χ1) is 13.0. The molecule has 1 unspecified atom stereocenters. The van der Waals surface area contributed by atoms with E-state index in [9.17, 15) is 4.79 Å². The average Bonchev–Trinajstić information content (AvgIpc) is 3.15. The second-order valence-corrected chi connectivity index (χ2v) is 7.20. The molecule has 0 saturated carbocycles. The molecule has 2 amide bonds. The van der Waals surface area contributed by atoms with E-state index in [1.54, 1.807) is 11.6 Å². The van der Waals surface area contributed by atoms with Crippen molar-refractivity contribution in [3.05, 3.63) is 75.7 Å². The average molecular weight is 382 g/mol. The van der Waals surface area contributed by atoms with E-state index in [4.69, 9.17) is 4.74 Å². The monoisotopic (exact) mass is 381 g/mol. The molecule has 0 aliphatic heterocycles. The Bertz CT molecular complexity index is 910. The first kappa shape index (κ1) is 18.9. The number of amides is 2. The number of anilines is 1. The summed E-state index contributed by atoms with van der Waals surface area (Å²) < 4.78 is 5.72. The number of rotatable bonds is 6. The molecule has 27 heavy (non-hydrogen) atoms. The van der Waals surface area contributed by atoms with Crippen molar-refractivity contribution in [1.29, 1.82) is 0 Å². The maximum absolute atomic E-state index is 12.4. The number of hydrogen-bond donors (Lipinski definition) is 2. The molecule has 0 aliphatic carbocycles. The topological polar surface area (TPSA) is 63.2 Å². The van der Waals surface area contributed by atoms with Gasteiger partial charge in [-0.15, -0.1) is 11.3 Å². The lowest BCUT2D eigenvalue weighted by Crippen LogP contribution is -2.31. The number of hydrogen-bond acceptors (Lipinski definition) is 4. The molecular formula is C21H23N3O2S. The third-order valence-electron chi connectivity index (χ3n) is 4.21. The van der Waals surface area contributed by atoms with Crippen LogP contribution in [0.25, 0.3) is 0 Å². The van der Waals surface area contributed by atoms with Gasteiger partial charge in [-0.3, -0.25) is 0 Å². The minimum absolute atomic E-state index is 0.0889. The quantitative estimate of drug-likeness (QED) is 0.615. The van der Waals surface area contributed by atoms with Gasteiger partial charge in [0.2, 0.25) is 0 Å². The van der Waals surface area contributed by atoms with E-state index in [1.165, 1.54) is 16.9 Å². The van der Waals surface area contributed by atoms with Crippen LogP contribution in [0.5, 0.6) is 5.75 Å². The van der Waals surface area contributed by atoms with E-state index in [0.29, 0.717) is 18.0 Å². The van der Waals surface area contributed by atoms with Crippen LogP contribution in [-0.4, -0.2) is 11.0 Å². The van der Waals surface area contributed by atoms with Crippen molar-refractivity contribution < 1.29 is 9.53 Å². The Kier molecular flexibility index (Phi) is 6.08. The molecule has 0 aliphatic rings. The second kappa shape index (κ2) is 8.68. The second-order valence-electron chi connectivity index (χ2n) is 6.48. The normalized spacial score (nSPS) is 11.7. The number of aromatic nitrogens is 1. The SMILES string of the molecule is Cc1ccc(C)c(C(C)NC(=O)Nc2cccc(OCc3cscn3)c2)c1. The zero-order valence-corrected chi connectivity index (χ0v) is 16.5. The first-order valence-electron chi connectivity index (χ1n) is 8.76. The van der Waals surface area contributed by atoms with Crippen LogP contribution in [0.1, 0.15) is 35.3 Å². The maximum Gasteiger partial charge on any atom is 0.319 e. The molecule has 1 heterocycles. The molecule has 2 aromatic carbocycles. The summed E-state index contributed by atoms with van der Waals surface area (Å²) in [6, 6.07) is 13.2. The number of urea groups is 1. The predicted molar refractivity (Wildman–Crippen MR) is 109 cm³/mol. The number of ether oxygens (including phenoxy) is 1. The molecule has 0 radical (unpaired) electrons. The van der Waals surface area contributed by atoms with Crippen molar-refractivity contribution in [1.82, 2.24) is 10.3 Å². The van der Waals surface area contributed by atoms with Crippen LogP contribution < -0.4 is 15.4 Å². The number of nitrogens with one attached hydrogen (secondary N) is 2. The fourth-order valence-electron chi connectivity index (χ4n) is 2.80. The number of aryl methyl sites for hydroxylation is 2. The molecule has 3 rings (SSSR count). The van der Waals surface area contributed by atoms with Crippen LogP contribution in [0.15, 0.2) is 53.4 Å². The molecule has 3 aromatic rings. The predicted octanol–water partition coefficient (Wildman–Crippen LogP) is 5.22. The van der Waals surface area contributed by atoms with Crippen molar-refractivity contribution in [3.8, 4) is 5.75 Å². The Hall–Kier alpha value is -2.86. The Morgan fingerprint density at radius 1 is 1.22 bits per heavy atom. The van der Waals surface area contributed by atoms with E-state index in [1.807, 2.05) is 44.4 Å². The summed E-state index contributed by atoms with van der Waals surface area (Å²) >= 11 is 1.54. The van der Waals surface area contributed by atoms with Crippen LogP contribution in [0, 0.1) is 13.8 Å². The van der Waals surface area contributed by atoms with Gasteiger partial charge in [0.15, 0.2) is 0 Å². The standard InChI is InChI=1S/C21H23N3O2S/c1-14-7-8-15(2)20(9-14)16(3)23-21(25)24-17-5-4-6-19(10-17)26-11-18-12-27-13-22-18/h4-10,12-13,16H,11H2,1-3H3,(H2,23,24,25). The Balaban J connectivity index is 1.58. The van der Waals surface area contributed by atoms with Crippen molar-refractivity contribution >= 4 is 23.1 Å². The largest absolute Gasteiger partial charge is 0.487 e. The van der Waals surface area contributed by atoms with Crippen LogP contribution in [0.3, 0.4) is 0 Å². The maximum atomic E-state index is 12.4. The highest BCUT2D eigenvalue weighted by molar-refractivity contribution is 7.07. The van der Waals surface area contributed by atoms with Gasteiger partial charge in [0.05, 0.1) is 17.2 Å². The molecule has 0 bridgehead atoms. The zero-order chi connectivity index (χ0) is 19.2. The summed E-state index contributed by atoms with van der Waals surface area (Å²) in [6.45, 7) is 6.48. The molecule has 5 nitrogen and oxygen atoms in total. The van der Waals surface area contributed by atoms with Gasteiger partial charge in [-0.05, 0) is 44.0 Å². The number of carbonyl (C=O) groups is 1. The minimum atomic E-state index is -0.250. The highest BCUT2D eigenvalue weighted by Gasteiger charge is 2.12. The van der Waals surface area contributed by atoms with Gasteiger partial charge in [-0.25, -0.2) is 9.78 Å². The van der Waals surface area contributed by atoms with E-state index >= 15 is 0 Å². The number of thiazole rings is 1. The van der Waals surface area contributed by atoms with E-state index in [2.05, 4.69) is 33.8 Å². The highest BCUT2D eigenvalue weighted by Crippen LogP contribution is 2.21. The van der Waals surface area contributed by atoms with E-state index in [0.717, 1.165) is 16.8 Å². The van der Waals surface area contributed by atoms with Crippen molar-refractivity contribution in [2.75, 3.05) is 5.32 Å². The summed E-state index contributed by atoms with van der Waals surface area (Å²) in [5.74, 6) is 0.684. The molecule has 6 heteroatoms. The van der Waals surface area contributed by atoms with Gasteiger partial charge in [0.25, 0.3) is 0 Å². The Morgan fingerprint density at radius 2 is 2.07 bits per heavy atom. The lowest BCUT2D eigenvalue weighted by molar-refractivity contribution is 0.249. The van der Waals surface area contributed by atoms with E-state index in [-0.39, 0.29) is 12.1 Å². The Labute approximate surface area is 163 Å². The van der Waals surface area contributed by atoms with Crippen LogP contribution in [-0.2, 0) is 6.61 Å². The summed E-state index contributed by atoms with van der Waals surface area (Å²) in [5, 5.41) is 7.80. The minimum Gasteiger partial charge on any atom is -0.487 e. The molecule has 1 aromatic heterocycles. The third kappa shape index (κ3) is 5.31. The number of carbonyl (C=O) groups excluding carboxylic acids is 1. The van der Waals surface area contributed by atoms with Gasteiger partial charge in [0.1, 0.15) is 12.4 Å². The van der Waals surface area contributed by atoms with Gasteiger partial charge in [-0.2, -0.15) is 0 Å². The fraction of sp³-hybridized carbons (Fsp3) is 0.238. The van der Waals surface area contributed by atoms with Gasteiger partial charge < -0.3 is 15.4 Å². The van der Waals surface area contributed by atoms with E-state index < -0.39 is 0 Å². The van der Waals surface area contributed by atoms with Crippen LogP contribution in [0.4, 0.5) is 10.5 Å². The summed E-state index contributed by atoms with van der Waals surface area (Å²) in [7, 11) is 0. The summed E-state index contributed by atoms with van der Waals surface area (Å²) in [6.07, 6.45) is 0. The van der Waals surface area contributed by atoms with Crippen molar-refractivity contribution in [2.24, 2.45) is 0 Å². The molecule has 1 atom stereocenters. The molecule has 0 fully saturated rings. The lowest BCUT2D eigenvalue weighted by Gasteiger charge is -2.18. The fourth-order valence-corrected chi connectivity index (χ4v) is 3.34. The molecule has 2 N–H and O–H groups in total. The number of nitrogens with zero attached hydrogens (tertiary/aromatic N) is 1. The molecule has 140 valence electrons. The Morgan fingerprint density at radius 3 is 2.85 bits per heavy atom. The summed E-state index contributed by atoms with van der Waals surface area (Å²) in [5.41, 5.74) is 6.79. The smallest absolute Gasteiger partial charge is 0.319 e. The van der Waals surface area contributed by atoms with Crippen molar-refractivity contribution in [3.63, 3.8) is 0 Å². The van der Waals surface area contributed by atoms with Gasteiger partial charge in [-0.1, -0.05) is 29.8 Å². The zero-order valence-electron chi connectivity index (χ0n) is 15.7. The van der Waals surface area contributed by atoms with Crippen LogP contribution >= 0.6 is 11.3 Å².